The van der Waals surface area contributed by atoms with Crippen molar-refractivity contribution in [3.63, 3.8) is 0 Å². The molecule has 1 N–H and O–H groups in total. The van der Waals surface area contributed by atoms with Crippen LogP contribution in [0.1, 0.15) is 24.0 Å². The lowest BCUT2D eigenvalue weighted by molar-refractivity contribution is -0.117. The van der Waals surface area contributed by atoms with Gasteiger partial charge in [-0.15, -0.1) is 0 Å². The molecule has 1 atom stereocenters. The van der Waals surface area contributed by atoms with Crippen LogP contribution in [0, 0.1) is 11.3 Å². The van der Waals surface area contributed by atoms with E-state index in [1.165, 1.54) is 0 Å². The minimum atomic E-state index is -0.0566. The lowest BCUT2D eigenvalue weighted by Crippen LogP contribution is -2.46. The largest absolute Gasteiger partial charge is 0.353 e. The van der Waals surface area contributed by atoms with Gasteiger partial charge in [0.1, 0.15) is 17.9 Å². The Bertz CT molecular complexity index is 977. The Morgan fingerprint density at radius 2 is 2.03 bits per heavy atom. The summed E-state index contributed by atoms with van der Waals surface area (Å²) in [6, 6.07) is 7.84. The molecule has 0 spiro atoms. The number of hydrogen-bond acceptors (Lipinski definition) is 7. The Kier molecular flexibility index (Phi) is 4.52. The molecule has 0 aromatic carbocycles. The van der Waals surface area contributed by atoms with E-state index < -0.39 is 0 Å². The highest BCUT2D eigenvalue weighted by molar-refractivity contribution is 6.03. The average Bonchev–Trinajstić information content (AvgIpc) is 3.25. The van der Waals surface area contributed by atoms with Crippen LogP contribution in [0.25, 0.3) is 0 Å². The second-order valence-electron chi connectivity index (χ2n) is 7.80. The Hall–Kier alpha value is -3.18. The minimum absolute atomic E-state index is 0.0566. The highest BCUT2D eigenvalue weighted by Crippen LogP contribution is 2.35. The molecule has 2 aromatic heterocycles. The molecule has 29 heavy (non-hydrogen) atoms. The third kappa shape index (κ3) is 3.28. The van der Waals surface area contributed by atoms with Crippen LogP contribution in [-0.4, -0.2) is 59.5 Å². The zero-order valence-electron chi connectivity index (χ0n) is 16.2. The van der Waals surface area contributed by atoms with Gasteiger partial charge in [0.25, 0.3) is 0 Å². The molecule has 148 valence electrons. The van der Waals surface area contributed by atoms with Gasteiger partial charge in [0.05, 0.1) is 11.3 Å². The van der Waals surface area contributed by atoms with E-state index in [1.54, 1.807) is 12.3 Å². The number of amides is 1. The van der Waals surface area contributed by atoms with Crippen LogP contribution >= 0.6 is 0 Å². The summed E-state index contributed by atoms with van der Waals surface area (Å²) in [7, 11) is 0. The van der Waals surface area contributed by atoms with Crippen LogP contribution < -0.4 is 15.1 Å². The van der Waals surface area contributed by atoms with Crippen LogP contribution in [0.15, 0.2) is 30.6 Å². The maximum absolute atomic E-state index is 12.3. The van der Waals surface area contributed by atoms with Crippen molar-refractivity contribution >= 4 is 23.2 Å². The molecule has 3 aliphatic rings. The van der Waals surface area contributed by atoms with E-state index in [9.17, 15) is 10.1 Å². The van der Waals surface area contributed by atoms with Crippen molar-refractivity contribution < 1.29 is 4.79 Å². The molecule has 1 amide bonds. The molecule has 5 heterocycles. The summed E-state index contributed by atoms with van der Waals surface area (Å²) < 4.78 is 0. The lowest BCUT2D eigenvalue weighted by Gasteiger charge is -2.36. The highest BCUT2D eigenvalue weighted by atomic mass is 16.2. The molecule has 0 saturated carbocycles. The monoisotopic (exact) mass is 389 g/mol. The number of rotatable bonds is 3. The van der Waals surface area contributed by atoms with E-state index in [0.29, 0.717) is 5.56 Å². The summed E-state index contributed by atoms with van der Waals surface area (Å²) in [6.45, 7) is 5.13. The fraction of sp³-hybridized carbons (Fsp3) is 0.429. The molecule has 2 fully saturated rings. The fourth-order valence-electron chi connectivity index (χ4n) is 4.53. The van der Waals surface area contributed by atoms with Crippen LogP contribution in [0.3, 0.4) is 0 Å². The molecule has 8 heteroatoms. The van der Waals surface area contributed by atoms with Crippen molar-refractivity contribution in [3.05, 3.63) is 41.7 Å². The first-order chi connectivity index (χ1) is 14.2. The number of anilines is 3. The molecule has 2 saturated heterocycles. The van der Waals surface area contributed by atoms with Crippen molar-refractivity contribution in [2.45, 2.75) is 25.4 Å². The third-order valence-electron chi connectivity index (χ3n) is 5.99. The van der Waals surface area contributed by atoms with Gasteiger partial charge in [-0.2, -0.15) is 5.26 Å². The first-order valence-electron chi connectivity index (χ1n) is 10.1. The normalized spacial score (nSPS) is 21.3. The molecular formula is C21H23N7O. The van der Waals surface area contributed by atoms with Gasteiger partial charge in [-0.3, -0.25) is 9.69 Å². The van der Waals surface area contributed by atoms with Gasteiger partial charge in [-0.25, -0.2) is 9.97 Å². The quantitative estimate of drug-likeness (QED) is 0.853. The second kappa shape index (κ2) is 7.33. The van der Waals surface area contributed by atoms with E-state index >= 15 is 0 Å². The Balaban J connectivity index is 1.25. The van der Waals surface area contributed by atoms with Crippen molar-refractivity contribution in [1.29, 1.82) is 5.26 Å². The van der Waals surface area contributed by atoms with Gasteiger partial charge < -0.3 is 15.1 Å². The standard InChI is InChI=1S/C21H23N7O/c22-12-16-3-1-5-23-19(16)27-9-7-26(8-10-27)14-15-11-17-20(24-13-15)28-6-2-4-18(28)21(29)25-17/h1,3,5,11,13,18H,2,4,6-10,14H2,(H,25,29). The number of nitriles is 1. The Labute approximate surface area is 169 Å². The zero-order chi connectivity index (χ0) is 19.8. The molecular weight excluding hydrogens is 366 g/mol. The van der Waals surface area contributed by atoms with E-state index in [-0.39, 0.29) is 11.9 Å². The van der Waals surface area contributed by atoms with Gasteiger partial charge >= 0.3 is 0 Å². The zero-order valence-corrected chi connectivity index (χ0v) is 16.2. The van der Waals surface area contributed by atoms with Crippen LogP contribution in [0.5, 0.6) is 0 Å². The molecule has 8 nitrogen and oxygen atoms in total. The van der Waals surface area contributed by atoms with Gasteiger partial charge in [0.15, 0.2) is 5.82 Å². The van der Waals surface area contributed by atoms with E-state index in [2.05, 4.69) is 42.1 Å². The lowest BCUT2D eigenvalue weighted by atomic mass is 10.1. The summed E-state index contributed by atoms with van der Waals surface area (Å²) in [5.74, 6) is 1.76. The summed E-state index contributed by atoms with van der Waals surface area (Å²) in [5, 5.41) is 12.3. The Morgan fingerprint density at radius 1 is 1.17 bits per heavy atom. The minimum Gasteiger partial charge on any atom is -0.353 e. The number of piperazine rings is 1. The van der Waals surface area contributed by atoms with E-state index in [4.69, 9.17) is 0 Å². The molecule has 3 aliphatic heterocycles. The van der Waals surface area contributed by atoms with Crippen LogP contribution in [0.2, 0.25) is 0 Å². The summed E-state index contributed by atoms with van der Waals surface area (Å²) in [5.41, 5.74) is 2.55. The van der Waals surface area contributed by atoms with Gasteiger partial charge in [0, 0.05) is 51.7 Å². The average molecular weight is 389 g/mol. The predicted molar refractivity (Wildman–Crippen MR) is 110 cm³/mol. The number of pyridine rings is 2. The molecule has 2 aromatic rings. The molecule has 0 radical (unpaired) electrons. The number of carbonyl (C=O) groups excluding carboxylic acids is 1. The SMILES string of the molecule is N#Cc1cccnc1N1CCN(Cc2cnc3c(c2)NC(=O)C2CCCN32)CC1. The van der Waals surface area contributed by atoms with Gasteiger partial charge in [-0.05, 0) is 36.6 Å². The topological polar surface area (TPSA) is 88.4 Å². The number of nitrogens with zero attached hydrogens (tertiary/aromatic N) is 6. The summed E-state index contributed by atoms with van der Waals surface area (Å²) in [6.07, 6.45) is 5.61. The molecule has 5 rings (SSSR count). The van der Waals surface area contributed by atoms with E-state index in [1.807, 2.05) is 12.3 Å². The van der Waals surface area contributed by atoms with Crippen molar-refractivity contribution in [2.24, 2.45) is 0 Å². The van der Waals surface area contributed by atoms with Crippen molar-refractivity contribution in [1.82, 2.24) is 14.9 Å². The van der Waals surface area contributed by atoms with Gasteiger partial charge in [-0.1, -0.05) is 0 Å². The smallest absolute Gasteiger partial charge is 0.247 e. The third-order valence-corrected chi connectivity index (χ3v) is 5.99. The van der Waals surface area contributed by atoms with Crippen molar-refractivity contribution in [3.8, 4) is 6.07 Å². The van der Waals surface area contributed by atoms with E-state index in [0.717, 1.165) is 75.0 Å². The van der Waals surface area contributed by atoms with Crippen LogP contribution in [0.4, 0.5) is 17.3 Å². The Morgan fingerprint density at radius 3 is 2.86 bits per heavy atom. The fourth-order valence-corrected chi connectivity index (χ4v) is 4.53. The highest BCUT2D eigenvalue weighted by Gasteiger charge is 2.37. The maximum Gasteiger partial charge on any atom is 0.247 e. The van der Waals surface area contributed by atoms with Crippen molar-refractivity contribution in [2.75, 3.05) is 47.8 Å². The summed E-state index contributed by atoms with van der Waals surface area (Å²) >= 11 is 0. The number of aromatic nitrogens is 2. The molecule has 0 bridgehead atoms. The number of nitrogens with one attached hydrogen (secondary N) is 1. The number of hydrogen-bond donors (Lipinski definition) is 1. The second-order valence-corrected chi connectivity index (χ2v) is 7.80. The molecule has 0 aliphatic carbocycles. The number of fused-ring (bicyclic) bond motifs is 3. The first-order valence-corrected chi connectivity index (χ1v) is 10.1. The van der Waals surface area contributed by atoms with Crippen LogP contribution in [-0.2, 0) is 11.3 Å². The van der Waals surface area contributed by atoms with Gasteiger partial charge in [0.2, 0.25) is 5.91 Å². The maximum atomic E-state index is 12.3. The summed E-state index contributed by atoms with van der Waals surface area (Å²) in [4.78, 5) is 28.1. The first kappa shape index (κ1) is 17.9. The number of carbonyl (C=O) groups is 1. The predicted octanol–water partition coefficient (Wildman–Crippen LogP) is 1.59. The molecule has 1 unspecified atom stereocenters.